The number of hydrogen-bond acceptors (Lipinski definition) is 2. The van der Waals surface area contributed by atoms with Crippen molar-refractivity contribution in [1.29, 1.82) is 5.26 Å². The van der Waals surface area contributed by atoms with Crippen LogP contribution in [-0.4, -0.2) is 5.11 Å². The minimum atomic E-state index is 0.313. The first-order chi connectivity index (χ1) is 7.76. The average molecular weight is 217 g/mol. The third kappa shape index (κ3) is 4.35. The highest BCUT2D eigenvalue weighted by atomic mass is 16.3. The van der Waals surface area contributed by atoms with Crippen LogP contribution in [0.5, 0.6) is 5.75 Å². The van der Waals surface area contributed by atoms with Crippen LogP contribution < -0.4 is 0 Å². The van der Waals surface area contributed by atoms with Crippen LogP contribution in [0.4, 0.5) is 0 Å². The van der Waals surface area contributed by atoms with E-state index in [1.807, 2.05) is 12.1 Å². The predicted octanol–water partition coefficient (Wildman–Crippen LogP) is 3.65. The third-order valence-corrected chi connectivity index (χ3v) is 2.82. The van der Waals surface area contributed by atoms with Gasteiger partial charge >= 0.3 is 0 Å². The highest BCUT2D eigenvalue weighted by molar-refractivity contribution is 5.26. The Balaban J connectivity index is 2.53. The van der Waals surface area contributed by atoms with Gasteiger partial charge in [-0.25, -0.2) is 0 Å². The highest BCUT2D eigenvalue weighted by Gasteiger charge is 2.08. The molecule has 0 unspecified atom stereocenters. The van der Waals surface area contributed by atoms with E-state index in [-0.39, 0.29) is 0 Å². The van der Waals surface area contributed by atoms with Crippen LogP contribution in [0.15, 0.2) is 24.3 Å². The van der Waals surface area contributed by atoms with Crippen molar-refractivity contribution in [1.82, 2.24) is 0 Å². The Morgan fingerprint density at radius 2 is 1.94 bits per heavy atom. The van der Waals surface area contributed by atoms with Crippen molar-refractivity contribution in [2.45, 2.75) is 39.0 Å². The van der Waals surface area contributed by atoms with Gasteiger partial charge in [0.2, 0.25) is 0 Å². The van der Waals surface area contributed by atoms with Crippen molar-refractivity contribution in [3.63, 3.8) is 0 Å². The summed E-state index contributed by atoms with van der Waals surface area (Å²) in [7, 11) is 0. The van der Waals surface area contributed by atoms with Crippen LogP contribution in [-0.2, 0) is 6.42 Å². The van der Waals surface area contributed by atoms with Crippen LogP contribution in [0.1, 0.15) is 38.2 Å². The number of phenols is 1. The van der Waals surface area contributed by atoms with Crippen LogP contribution >= 0.6 is 0 Å². The van der Waals surface area contributed by atoms with Gasteiger partial charge in [0.15, 0.2) is 0 Å². The fourth-order valence-electron chi connectivity index (χ4n) is 1.99. The maximum atomic E-state index is 9.19. The second-order valence-electron chi connectivity index (χ2n) is 4.22. The minimum absolute atomic E-state index is 0.313. The lowest BCUT2D eigenvalue weighted by Gasteiger charge is -2.14. The minimum Gasteiger partial charge on any atom is -0.508 e. The van der Waals surface area contributed by atoms with Crippen LogP contribution in [0, 0.1) is 17.2 Å². The summed E-state index contributed by atoms with van der Waals surface area (Å²) < 4.78 is 0. The van der Waals surface area contributed by atoms with Crippen molar-refractivity contribution in [3.8, 4) is 11.8 Å². The lowest BCUT2D eigenvalue weighted by molar-refractivity contribution is 0.447. The Morgan fingerprint density at radius 1 is 1.25 bits per heavy atom. The van der Waals surface area contributed by atoms with E-state index in [9.17, 15) is 5.11 Å². The summed E-state index contributed by atoms with van der Waals surface area (Å²) in [6.45, 7) is 2.18. The number of hydrogen-bond donors (Lipinski definition) is 1. The first-order valence-electron chi connectivity index (χ1n) is 5.91. The lowest BCUT2D eigenvalue weighted by Crippen LogP contribution is -2.04. The second-order valence-corrected chi connectivity index (χ2v) is 4.22. The molecule has 0 aliphatic heterocycles. The van der Waals surface area contributed by atoms with E-state index >= 15 is 0 Å². The van der Waals surface area contributed by atoms with Crippen molar-refractivity contribution < 1.29 is 5.11 Å². The molecule has 0 aliphatic rings. The molecule has 2 nitrogen and oxygen atoms in total. The van der Waals surface area contributed by atoms with E-state index in [2.05, 4.69) is 13.0 Å². The van der Waals surface area contributed by atoms with Crippen LogP contribution in [0.2, 0.25) is 0 Å². The van der Waals surface area contributed by atoms with E-state index < -0.39 is 0 Å². The van der Waals surface area contributed by atoms with Gasteiger partial charge in [-0.15, -0.1) is 0 Å². The van der Waals surface area contributed by atoms with Crippen molar-refractivity contribution in [2.75, 3.05) is 0 Å². The van der Waals surface area contributed by atoms with Gasteiger partial charge in [-0.05, 0) is 36.5 Å². The van der Waals surface area contributed by atoms with Gasteiger partial charge in [-0.3, -0.25) is 0 Å². The molecule has 16 heavy (non-hydrogen) atoms. The molecule has 0 bridgehead atoms. The molecule has 1 aromatic carbocycles. The van der Waals surface area contributed by atoms with E-state index in [0.29, 0.717) is 18.1 Å². The van der Waals surface area contributed by atoms with E-state index in [4.69, 9.17) is 5.26 Å². The molecule has 0 saturated heterocycles. The number of nitrogens with zero attached hydrogens (tertiary/aromatic N) is 1. The molecular formula is C14H19NO. The molecule has 0 spiro atoms. The molecule has 0 saturated carbocycles. The quantitative estimate of drug-likeness (QED) is 0.790. The second kappa shape index (κ2) is 6.90. The molecule has 0 aromatic heterocycles. The predicted molar refractivity (Wildman–Crippen MR) is 65.1 cm³/mol. The SMILES string of the molecule is CCC[C@H](CCC#N)Cc1ccc(O)cc1. The first-order valence-corrected chi connectivity index (χ1v) is 5.91. The zero-order valence-electron chi connectivity index (χ0n) is 9.82. The Labute approximate surface area is 97.5 Å². The summed E-state index contributed by atoms with van der Waals surface area (Å²) in [5.41, 5.74) is 1.24. The van der Waals surface area contributed by atoms with Gasteiger partial charge < -0.3 is 5.11 Å². The molecular weight excluding hydrogens is 198 g/mol. The molecule has 0 aliphatic carbocycles. The topological polar surface area (TPSA) is 44.0 Å². The molecule has 1 atom stereocenters. The highest BCUT2D eigenvalue weighted by Crippen LogP contribution is 2.20. The summed E-state index contributed by atoms with van der Waals surface area (Å²) in [6, 6.07) is 9.59. The van der Waals surface area contributed by atoms with Crippen LogP contribution in [0.3, 0.4) is 0 Å². The van der Waals surface area contributed by atoms with Crippen molar-refractivity contribution in [3.05, 3.63) is 29.8 Å². The summed E-state index contributed by atoms with van der Waals surface area (Å²) in [6.07, 6.45) is 4.96. The fraction of sp³-hybridized carbons (Fsp3) is 0.500. The number of phenolic OH excluding ortho intramolecular Hbond substituents is 1. The van der Waals surface area contributed by atoms with Crippen molar-refractivity contribution in [2.24, 2.45) is 5.92 Å². The molecule has 0 fully saturated rings. The van der Waals surface area contributed by atoms with E-state index in [0.717, 1.165) is 19.3 Å². The summed E-state index contributed by atoms with van der Waals surface area (Å²) in [4.78, 5) is 0. The summed E-state index contributed by atoms with van der Waals surface area (Å²) in [5.74, 6) is 0.905. The van der Waals surface area contributed by atoms with Gasteiger partial charge in [-0.2, -0.15) is 5.26 Å². The number of benzene rings is 1. The van der Waals surface area contributed by atoms with Crippen LogP contribution in [0.25, 0.3) is 0 Å². The smallest absolute Gasteiger partial charge is 0.115 e. The third-order valence-electron chi connectivity index (χ3n) is 2.82. The molecule has 0 amide bonds. The number of aromatic hydroxyl groups is 1. The Kier molecular flexibility index (Phi) is 5.42. The standard InChI is InChI=1S/C14H19NO/c1-2-4-12(5-3-10-15)11-13-6-8-14(16)9-7-13/h6-9,12,16H,2-5,11H2,1H3/t12-/m1/s1. The van der Waals surface area contributed by atoms with Gasteiger partial charge in [0, 0.05) is 6.42 Å². The Hall–Kier alpha value is -1.49. The zero-order chi connectivity index (χ0) is 11.8. The Morgan fingerprint density at radius 3 is 2.50 bits per heavy atom. The molecule has 1 rings (SSSR count). The van der Waals surface area contributed by atoms with E-state index in [1.54, 1.807) is 12.1 Å². The molecule has 86 valence electrons. The largest absolute Gasteiger partial charge is 0.508 e. The normalized spacial score (nSPS) is 12.0. The molecule has 2 heteroatoms. The van der Waals surface area contributed by atoms with Gasteiger partial charge in [0.1, 0.15) is 5.75 Å². The first kappa shape index (κ1) is 12.6. The van der Waals surface area contributed by atoms with E-state index in [1.165, 1.54) is 12.0 Å². The summed E-state index contributed by atoms with van der Waals surface area (Å²) >= 11 is 0. The monoisotopic (exact) mass is 217 g/mol. The molecule has 1 N–H and O–H groups in total. The summed E-state index contributed by atoms with van der Waals surface area (Å²) in [5, 5.41) is 17.8. The zero-order valence-corrected chi connectivity index (χ0v) is 9.82. The van der Waals surface area contributed by atoms with Crippen molar-refractivity contribution >= 4 is 0 Å². The Bertz CT molecular complexity index is 337. The maximum Gasteiger partial charge on any atom is 0.115 e. The van der Waals surface area contributed by atoms with Gasteiger partial charge in [-0.1, -0.05) is 31.9 Å². The lowest BCUT2D eigenvalue weighted by atomic mass is 9.91. The average Bonchev–Trinajstić information content (AvgIpc) is 2.29. The molecule has 0 heterocycles. The molecule has 0 radical (unpaired) electrons. The van der Waals surface area contributed by atoms with Gasteiger partial charge in [0.25, 0.3) is 0 Å². The number of rotatable bonds is 6. The number of nitriles is 1. The maximum absolute atomic E-state index is 9.19. The van der Waals surface area contributed by atoms with Gasteiger partial charge in [0.05, 0.1) is 6.07 Å². The molecule has 1 aromatic rings. The fourth-order valence-corrected chi connectivity index (χ4v) is 1.99.